The van der Waals surface area contributed by atoms with E-state index in [9.17, 15) is 30.9 Å². The molecule has 148 valence electrons. The molecular formula is C14H20F3N3O5S. The number of alkyl halides is 3. The van der Waals surface area contributed by atoms with E-state index in [-0.39, 0.29) is 10.9 Å². The number of anilines is 1. The largest absolute Gasteiger partial charge is 0.726 e. The standard InChI is InChI=1S/C13H16F3N3O.CH4O4S/c1-18-11-8(7-10(17)20)5-4-6-9(11)19(2,3)12(18)13(14,15)16;1-5-6(2,3)4/h4-6,12H,7H2,1-3H3,(H-,17,20);1H3,(H,2,3,4). The first-order chi connectivity index (χ1) is 11.6. The number of carbonyl (C=O) groups is 1. The molecule has 2 rings (SSSR count). The van der Waals surface area contributed by atoms with Crippen molar-refractivity contribution >= 4 is 27.7 Å². The zero-order chi connectivity index (χ0) is 20.5. The lowest BCUT2D eigenvalue weighted by Crippen LogP contribution is -2.60. The third-order valence-electron chi connectivity index (χ3n) is 3.91. The van der Waals surface area contributed by atoms with Gasteiger partial charge in [0.1, 0.15) is 5.69 Å². The average molecular weight is 399 g/mol. The van der Waals surface area contributed by atoms with Crippen LogP contribution in [0.5, 0.6) is 0 Å². The molecule has 1 heterocycles. The van der Waals surface area contributed by atoms with E-state index in [0.29, 0.717) is 16.9 Å². The molecular weight excluding hydrogens is 379 g/mol. The Morgan fingerprint density at radius 3 is 2.27 bits per heavy atom. The van der Waals surface area contributed by atoms with Gasteiger partial charge in [-0.1, -0.05) is 12.1 Å². The first-order valence-electron chi connectivity index (χ1n) is 7.18. The lowest BCUT2D eigenvalue weighted by molar-refractivity contribution is -0.171. The van der Waals surface area contributed by atoms with Crippen LogP contribution in [0.25, 0.3) is 0 Å². The number of carbonyl (C=O) groups excluding carboxylic acids is 1. The average Bonchev–Trinajstić information content (AvgIpc) is 2.65. The van der Waals surface area contributed by atoms with Crippen molar-refractivity contribution in [1.82, 2.24) is 4.48 Å². The van der Waals surface area contributed by atoms with Gasteiger partial charge in [0.25, 0.3) is 6.17 Å². The van der Waals surface area contributed by atoms with Crippen molar-refractivity contribution in [3.05, 3.63) is 23.8 Å². The molecule has 1 amide bonds. The van der Waals surface area contributed by atoms with Gasteiger partial charge in [0, 0.05) is 13.1 Å². The maximum Gasteiger partial charge on any atom is 0.463 e. The van der Waals surface area contributed by atoms with Crippen molar-refractivity contribution in [2.75, 3.05) is 33.2 Å². The molecule has 2 N–H and O–H groups in total. The zero-order valence-electron chi connectivity index (χ0n) is 14.6. The summed E-state index contributed by atoms with van der Waals surface area (Å²) >= 11 is 0. The second-order valence-corrected chi connectivity index (χ2v) is 7.22. The summed E-state index contributed by atoms with van der Waals surface area (Å²) < 4.78 is 70.6. The number of nitrogens with two attached hydrogens (primary N) is 1. The third-order valence-corrected chi connectivity index (χ3v) is 4.32. The molecule has 0 aliphatic carbocycles. The molecule has 8 nitrogen and oxygen atoms in total. The highest BCUT2D eigenvalue weighted by Gasteiger charge is 2.59. The number of primary amides is 1. The molecule has 0 radical (unpaired) electrons. The number of amides is 1. The van der Waals surface area contributed by atoms with Crippen molar-refractivity contribution < 1.29 is 35.1 Å². The topological polar surface area (TPSA) is 113 Å². The Morgan fingerprint density at radius 1 is 1.38 bits per heavy atom. The summed E-state index contributed by atoms with van der Waals surface area (Å²) in [6.45, 7) is 0. The SMILES string of the molecule is CN1c2c(CC(N)=O)cccc2[N+](C)(C)C1C(F)(F)F.COS(=O)(=O)[O-]. The number of quaternary nitrogens is 1. The smallest absolute Gasteiger partial charge is 0.463 e. The fourth-order valence-corrected chi connectivity index (χ4v) is 3.05. The van der Waals surface area contributed by atoms with Crippen LogP contribution in [0, 0.1) is 0 Å². The van der Waals surface area contributed by atoms with Crippen LogP contribution in [-0.2, 0) is 25.8 Å². The molecule has 1 aliphatic heterocycles. The minimum absolute atomic E-state index is 0.0713. The summed E-state index contributed by atoms with van der Waals surface area (Å²) in [7, 11) is 0.810. The molecule has 1 aliphatic rings. The Labute approximate surface area is 149 Å². The van der Waals surface area contributed by atoms with Crippen LogP contribution >= 0.6 is 0 Å². The number of halogens is 3. The van der Waals surface area contributed by atoms with Gasteiger partial charge in [0.15, 0.2) is 5.69 Å². The zero-order valence-corrected chi connectivity index (χ0v) is 15.4. The van der Waals surface area contributed by atoms with E-state index < -0.39 is 28.6 Å². The van der Waals surface area contributed by atoms with E-state index in [1.165, 1.54) is 26.0 Å². The number of benzene rings is 1. The fourth-order valence-electron chi connectivity index (χ4n) is 3.05. The quantitative estimate of drug-likeness (QED) is 0.455. The maximum absolute atomic E-state index is 13.3. The highest BCUT2D eigenvalue weighted by Crippen LogP contribution is 2.48. The van der Waals surface area contributed by atoms with Gasteiger partial charge in [-0.3, -0.25) is 13.5 Å². The van der Waals surface area contributed by atoms with Gasteiger partial charge in [-0.2, -0.15) is 13.2 Å². The fraction of sp³-hybridized carbons (Fsp3) is 0.500. The summed E-state index contributed by atoms with van der Waals surface area (Å²) in [6.07, 6.45) is -6.12. The first-order valence-corrected chi connectivity index (χ1v) is 8.51. The molecule has 0 spiro atoms. The molecule has 12 heteroatoms. The molecule has 1 aromatic rings. The van der Waals surface area contributed by atoms with Gasteiger partial charge in [0.05, 0.1) is 27.6 Å². The minimum atomic E-state index is -4.41. The molecule has 0 saturated carbocycles. The highest BCUT2D eigenvalue weighted by molar-refractivity contribution is 7.80. The van der Waals surface area contributed by atoms with Crippen molar-refractivity contribution in [2.24, 2.45) is 5.73 Å². The Hall–Kier alpha value is -1.89. The normalized spacial score (nSPS) is 18.8. The Balaban J connectivity index is 0.000000487. The van der Waals surface area contributed by atoms with Crippen LogP contribution in [0.3, 0.4) is 0 Å². The van der Waals surface area contributed by atoms with Crippen molar-refractivity contribution in [1.29, 1.82) is 0 Å². The van der Waals surface area contributed by atoms with E-state index in [0.717, 1.165) is 7.11 Å². The van der Waals surface area contributed by atoms with Gasteiger partial charge in [0.2, 0.25) is 16.3 Å². The van der Waals surface area contributed by atoms with Crippen molar-refractivity contribution in [3.63, 3.8) is 0 Å². The number of hydrogen-bond acceptors (Lipinski definition) is 6. The third kappa shape index (κ3) is 4.84. The van der Waals surface area contributed by atoms with Crippen LogP contribution in [0.1, 0.15) is 5.56 Å². The van der Waals surface area contributed by atoms with Gasteiger partial charge in [-0.25, -0.2) is 8.42 Å². The number of hydrogen-bond donors (Lipinski definition) is 1. The van der Waals surface area contributed by atoms with Crippen LogP contribution < -0.4 is 15.1 Å². The number of fused-ring (bicyclic) bond motifs is 1. The minimum Gasteiger partial charge on any atom is -0.726 e. The second kappa shape index (κ2) is 7.39. The molecule has 26 heavy (non-hydrogen) atoms. The summed E-state index contributed by atoms with van der Waals surface area (Å²) in [5.41, 5.74) is 6.67. The Kier molecular flexibility index (Phi) is 6.29. The number of rotatable bonds is 3. The Morgan fingerprint density at radius 2 is 1.88 bits per heavy atom. The second-order valence-electron chi connectivity index (χ2n) is 6.07. The maximum atomic E-state index is 13.3. The molecule has 1 aromatic carbocycles. The van der Waals surface area contributed by atoms with Crippen LogP contribution in [0.4, 0.5) is 24.5 Å². The van der Waals surface area contributed by atoms with Gasteiger partial charge < -0.3 is 15.2 Å². The van der Waals surface area contributed by atoms with Crippen molar-refractivity contribution in [3.8, 4) is 0 Å². The van der Waals surface area contributed by atoms with E-state index in [2.05, 4.69) is 4.18 Å². The predicted molar refractivity (Wildman–Crippen MR) is 87.9 cm³/mol. The van der Waals surface area contributed by atoms with Crippen molar-refractivity contribution in [2.45, 2.75) is 18.8 Å². The summed E-state index contributed by atoms with van der Waals surface area (Å²) in [5, 5.41) is 0. The monoisotopic (exact) mass is 399 g/mol. The Bertz CT molecular complexity index is 781. The predicted octanol–water partition coefficient (Wildman–Crippen LogP) is 0.712. The summed E-state index contributed by atoms with van der Waals surface area (Å²) in [6, 6.07) is 4.95. The molecule has 0 fully saturated rings. The lowest BCUT2D eigenvalue weighted by Gasteiger charge is -2.34. The summed E-state index contributed by atoms with van der Waals surface area (Å²) in [4.78, 5) is 12.3. The van der Waals surface area contributed by atoms with Gasteiger partial charge in [-0.05, 0) is 5.56 Å². The highest BCUT2D eigenvalue weighted by atomic mass is 32.3. The molecule has 1 unspecified atom stereocenters. The van der Waals surface area contributed by atoms with E-state index in [1.54, 1.807) is 18.2 Å². The number of para-hydroxylation sites is 1. The van der Waals surface area contributed by atoms with E-state index in [4.69, 9.17) is 5.73 Å². The number of nitrogens with zero attached hydrogens (tertiary/aromatic N) is 2. The van der Waals surface area contributed by atoms with E-state index >= 15 is 0 Å². The molecule has 0 aromatic heterocycles. The van der Waals surface area contributed by atoms with Crippen LogP contribution in [-0.4, -0.2) is 59.5 Å². The molecule has 0 saturated heterocycles. The first kappa shape index (κ1) is 22.2. The van der Waals surface area contributed by atoms with E-state index in [1.807, 2.05) is 0 Å². The lowest BCUT2D eigenvalue weighted by atomic mass is 10.1. The van der Waals surface area contributed by atoms with Crippen LogP contribution in [0.15, 0.2) is 18.2 Å². The molecule has 0 bridgehead atoms. The van der Waals surface area contributed by atoms with Crippen LogP contribution in [0.2, 0.25) is 0 Å². The summed E-state index contributed by atoms with van der Waals surface area (Å²) in [5.74, 6) is -0.562. The molecule has 1 atom stereocenters. The van der Waals surface area contributed by atoms with Gasteiger partial charge >= 0.3 is 6.18 Å². The van der Waals surface area contributed by atoms with Gasteiger partial charge in [-0.15, -0.1) is 0 Å².